The van der Waals surface area contributed by atoms with Crippen LogP contribution in [-0.4, -0.2) is 26.8 Å². The highest BCUT2D eigenvalue weighted by Gasteiger charge is 2.21. The minimum Gasteiger partial charge on any atom is -0.386 e. The maximum absolute atomic E-state index is 13.6. The van der Waals surface area contributed by atoms with Crippen LogP contribution in [0.25, 0.3) is 27.8 Å². The molecule has 0 bridgehead atoms. The van der Waals surface area contributed by atoms with Crippen molar-refractivity contribution in [2.45, 2.75) is 19.1 Å². The Balaban J connectivity index is 1.54. The summed E-state index contributed by atoms with van der Waals surface area (Å²) in [6, 6.07) is 27.3. The molecule has 0 radical (unpaired) electrons. The van der Waals surface area contributed by atoms with Gasteiger partial charge >= 0.3 is 0 Å². The molecule has 1 aromatic heterocycles. The fourth-order valence-corrected chi connectivity index (χ4v) is 4.42. The predicted octanol–water partition coefficient (Wildman–Crippen LogP) is 6.34. The zero-order valence-electron chi connectivity index (χ0n) is 19.4. The standard InChI is InChI=1S/C29H23ClFN3O2/c1-18(28(35)19-7-3-2-4-8-19)32-29(36)20-11-16-24-26(17-20)34(22-14-12-21(31)13-15-22)33-27(24)23-9-5-6-10-25(23)30/h2-18,28,35H,1H3,(H,32,36)/t18-,28-/m1/s1. The van der Waals surface area contributed by atoms with Gasteiger partial charge in [-0.25, -0.2) is 9.07 Å². The molecular formula is C29H23ClFN3O2. The first-order valence-corrected chi connectivity index (χ1v) is 11.9. The van der Waals surface area contributed by atoms with E-state index in [2.05, 4.69) is 5.32 Å². The van der Waals surface area contributed by atoms with E-state index in [1.807, 2.05) is 54.6 Å². The number of aromatic nitrogens is 2. The van der Waals surface area contributed by atoms with Crippen molar-refractivity contribution in [1.82, 2.24) is 15.1 Å². The van der Waals surface area contributed by atoms with Crippen molar-refractivity contribution in [3.05, 3.63) is 119 Å². The van der Waals surface area contributed by atoms with Gasteiger partial charge in [-0.3, -0.25) is 4.79 Å². The number of nitrogens with zero attached hydrogens (tertiary/aromatic N) is 2. The van der Waals surface area contributed by atoms with Crippen LogP contribution in [0.1, 0.15) is 28.9 Å². The van der Waals surface area contributed by atoms with E-state index in [0.29, 0.717) is 27.5 Å². The van der Waals surface area contributed by atoms with Gasteiger partial charge in [0.05, 0.1) is 28.4 Å². The number of carbonyl (C=O) groups excluding carboxylic acids is 1. The molecule has 1 amide bonds. The normalized spacial score (nSPS) is 12.9. The molecule has 180 valence electrons. The number of aliphatic hydroxyl groups is 1. The van der Waals surface area contributed by atoms with Gasteiger partial charge in [-0.2, -0.15) is 5.10 Å². The van der Waals surface area contributed by atoms with Gasteiger partial charge < -0.3 is 10.4 Å². The van der Waals surface area contributed by atoms with Gasteiger partial charge in [0.1, 0.15) is 11.5 Å². The van der Waals surface area contributed by atoms with Gasteiger partial charge in [-0.1, -0.05) is 60.1 Å². The first-order chi connectivity index (χ1) is 17.4. The van der Waals surface area contributed by atoms with Gasteiger partial charge in [0.25, 0.3) is 5.91 Å². The lowest BCUT2D eigenvalue weighted by atomic mass is 10.0. The molecule has 4 aromatic carbocycles. The maximum Gasteiger partial charge on any atom is 0.251 e. The quantitative estimate of drug-likeness (QED) is 0.286. The number of hydrogen-bond acceptors (Lipinski definition) is 3. The van der Waals surface area contributed by atoms with Crippen LogP contribution < -0.4 is 5.32 Å². The van der Waals surface area contributed by atoms with E-state index < -0.39 is 12.1 Å². The van der Waals surface area contributed by atoms with Gasteiger partial charge in [0, 0.05) is 16.5 Å². The summed E-state index contributed by atoms with van der Waals surface area (Å²) in [5.41, 5.74) is 3.84. The number of hydrogen-bond donors (Lipinski definition) is 2. The number of aliphatic hydroxyl groups excluding tert-OH is 1. The fourth-order valence-electron chi connectivity index (χ4n) is 4.20. The van der Waals surface area contributed by atoms with E-state index in [1.54, 1.807) is 41.9 Å². The smallest absolute Gasteiger partial charge is 0.251 e. The number of halogens is 2. The van der Waals surface area contributed by atoms with Gasteiger partial charge in [0.15, 0.2) is 0 Å². The minimum absolute atomic E-state index is 0.328. The molecule has 0 saturated heterocycles. The van der Waals surface area contributed by atoms with E-state index >= 15 is 0 Å². The predicted molar refractivity (Wildman–Crippen MR) is 140 cm³/mol. The lowest BCUT2D eigenvalue weighted by Gasteiger charge is -2.20. The molecule has 2 atom stereocenters. The Morgan fingerprint density at radius 2 is 1.67 bits per heavy atom. The van der Waals surface area contributed by atoms with E-state index in [4.69, 9.17) is 16.7 Å². The Labute approximate surface area is 212 Å². The molecular weight excluding hydrogens is 477 g/mol. The monoisotopic (exact) mass is 499 g/mol. The van der Waals surface area contributed by atoms with Crippen LogP contribution in [0.5, 0.6) is 0 Å². The van der Waals surface area contributed by atoms with E-state index in [-0.39, 0.29) is 11.7 Å². The van der Waals surface area contributed by atoms with E-state index in [1.165, 1.54) is 12.1 Å². The summed E-state index contributed by atoms with van der Waals surface area (Å²) in [7, 11) is 0. The summed E-state index contributed by atoms with van der Waals surface area (Å²) in [6.45, 7) is 1.76. The number of benzene rings is 4. The summed E-state index contributed by atoms with van der Waals surface area (Å²) < 4.78 is 15.3. The van der Waals surface area contributed by atoms with Crippen molar-refractivity contribution in [2.24, 2.45) is 0 Å². The zero-order valence-corrected chi connectivity index (χ0v) is 20.2. The second-order valence-corrected chi connectivity index (χ2v) is 8.97. The van der Waals surface area contributed by atoms with Gasteiger partial charge in [-0.15, -0.1) is 0 Å². The van der Waals surface area contributed by atoms with Crippen LogP contribution >= 0.6 is 11.6 Å². The van der Waals surface area contributed by atoms with E-state index in [0.717, 1.165) is 16.5 Å². The summed E-state index contributed by atoms with van der Waals surface area (Å²) in [5.74, 6) is -0.682. The lowest BCUT2D eigenvalue weighted by Crippen LogP contribution is -2.37. The third-order valence-electron chi connectivity index (χ3n) is 6.12. The lowest BCUT2D eigenvalue weighted by molar-refractivity contribution is 0.0852. The molecule has 2 N–H and O–H groups in total. The molecule has 0 aliphatic rings. The molecule has 0 aliphatic heterocycles. The number of amides is 1. The van der Waals surface area contributed by atoms with Crippen LogP contribution in [0, 0.1) is 5.82 Å². The van der Waals surface area contributed by atoms with E-state index in [9.17, 15) is 14.3 Å². The van der Waals surface area contributed by atoms with Crippen molar-refractivity contribution in [1.29, 1.82) is 0 Å². The summed E-state index contributed by atoms with van der Waals surface area (Å²) in [5, 5.41) is 19.7. The average molecular weight is 500 g/mol. The highest BCUT2D eigenvalue weighted by Crippen LogP contribution is 2.34. The highest BCUT2D eigenvalue weighted by molar-refractivity contribution is 6.33. The van der Waals surface area contributed by atoms with Crippen LogP contribution in [0.15, 0.2) is 97.1 Å². The second-order valence-electron chi connectivity index (χ2n) is 8.57. The largest absolute Gasteiger partial charge is 0.386 e. The number of fused-ring (bicyclic) bond motifs is 1. The molecule has 1 heterocycles. The Kier molecular flexibility index (Phi) is 6.55. The Hall–Kier alpha value is -4.00. The molecule has 5 rings (SSSR count). The van der Waals surface area contributed by atoms with Gasteiger partial charge in [-0.05, 0) is 61.0 Å². The zero-order chi connectivity index (χ0) is 25.2. The second kappa shape index (κ2) is 9.93. The molecule has 5 aromatic rings. The number of nitrogens with one attached hydrogen (secondary N) is 1. The first kappa shape index (κ1) is 23.7. The van der Waals surface area contributed by atoms with Crippen LogP contribution in [0.3, 0.4) is 0 Å². The number of carbonyl (C=O) groups is 1. The Morgan fingerprint density at radius 3 is 2.39 bits per heavy atom. The molecule has 36 heavy (non-hydrogen) atoms. The first-order valence-electron chi connectivity index (χ1n) is 11.5. The topological polar surface area (TPSA) is 67.2 Å². The molecule has 0 unspecified atom stereocenters. The van der Waals surface area contributed by atoms with Crippen molar-refractivity contribution >= 4 is 28.4 Å². The molecule has 5 nitrogen and oxygen atoms in total. The molecule has 7 heteroatoms. The summed E-state index contributed by atoms with van der Waals surface area (Å²) in [6.07, 6.45) is -0.851. The SMILES string of the molecule is C[C@@H](NC(=O)c1ccc2c(-c3ccccc3Cl)nn(-c3ccc(F)cc3)c2c1)[C@@H](O)c1ccccc1. The Bertz CT molecular complexity index is 1530. The van der Waals surface area contributed by atoms with Crippen LogP contribution in [0.2, 0.25) is 5.02 Å². The highest BCUT2D eigenvalue weighted by atomic mass is 35.5. The minimum atomic E-state index is -0.851. The van der Waals surface area contributed by atoms with Crippen molar-refractivity contribution < 1.29 is 14.3 Å². The molecule has 0 spiro atoms. The fraction of sp³-hybridized carbons (Fsp3) is 0.103. The molecule has 0 aliphatic carbocycles. The van der Waals surface area contributed by atoms with Crippen molar-refractivity contribution in [3.63, 3.8) is 0 Å². The van der Waals surface area contributed by atoms with Crippen LogP contribution in [0.4, 0.5) is 4.39 Å². The van der Waals surface area contributed by atoms with Gasteiger partial charge in [0.2, 0.25) is 0 Å². The number of rotatable bonds is 6. The van der Waals surface area contributed by atoms with Crippen molar-refractivity contribution in [3.8, 4) is 16.9 Å². The third-order valence-corrected chi connectivity index (χ3v) is 6.45. The van der Waals surface area contributed by atoms with Crippen molar-refractivity contribution in [2.75, 3.05) is 0 Å². The Morgan fingerprint density at radius 1 is 0.972 bits per heavy atom. The maximum atomic E-state index is 13.6. The van der Waals surface area contributed by atoms with Crippen LogP contribution in [-0.2, 0) is 0 Å². The third kappa shape index (κ3) is 4.61. The summed E-state index contributed by atoms with van der Waals surface area (Å²) in [4.78, 5) is 13.1. The molecule has 0 saturated carbocycles. The molecule has 0 fully saturated rings. The summed E-state index contributed by atoms with van der Waals surface area (Å²) >= 11 is 6.47. The average Bonchev–Trinajstić information content (AvgIpc) is 3.28.